The molecule has 0 aliphatic heterocycles. The van der Waals surface area contributed by atoms with Gasteiger partial charge in [0.2, 0.25) is 0 Å². The van der Waals surface area contributed by atoms with Crippen LogP contribution >= 0.6 is 0 Å². The van der Waals surface area contributed by atoms with E-state index in [9.17, 15) is 26.7 Å². The van der Waals surface area contributed by atoms with Gasteiger partial charge in [0.05, 0.1) is 0 Å². The molecule has 0 unspecified atom stereocenters. The molecule has 10 heteroatoms. The van der Waals surface area contributed by atoms with Gasteiger partial charge in [-0.25, -0.2) is 8.78 Å². The van der Waals surface area contributed by atoms with Crippen LogP contribution in [0.25, 0.3) is 11.3 Å². The molecule has 0 saturated heterocycles. The van der Waals surface area contributed by atoms with Crippen molar-refractivity contribution in [1.29, 1.82) is 0 Å². The van der Waals surface area contributed by atoms with Crippen LogP contribution in [0.5, 0.6) is 0 Å². The Hall–Kier alpha value is -2.52. The van der Waals surface area contributed by atoms with Gasteiger partial charge in [0.25, 0.3) is 5.91 Å². The van der Waals surface area contributed by atoms with Crippen LogP contribution in [0, 0.1) is 11.6 Å². The summed E-state index contributed by atoms with van der Waals surface area (Å²) in [4.78, 5) is 11.0. The lowest BCUT2D eigenvalue weighted by Crippen LogP contribution is -2.14. The Morgan fingerprint density at radius 3 is 2.15 bits per heavy atom. The topological polar surface area (TPSA) is 84.7 Å². The van der Waals surface area contributed by atoms with Gasteiger partial charge in [0, 0.05) is 5.56 Å². The van der Waals surface area contributed by atoms with Crippen LogP contribution in [-0.4, -0.2) is 21.3 Å². The van der Waals surface area contributed by atoms with Gasteiger partial charge >= 0.3 is 6.18 Å². The molecule has 1 aromatic heterocycles. The van der Waals surface area contributed by atoms with Crippen molar-refractivity contribution in [3.05, 3.63) is 35.0 Å². The lowest BCUT2D eigenvalue weighted by Gasteiger charge is -2.10. The number of rotatable bonds is 2. The molecule has 0 spiro atoms. The Balaban J connectivity index is 2.62. The van der Waals surface area contributed by atoms with Crippen LogP contribution in [0.4, 0.5) is 22.0 Å². The molecule has 1 heterocycles. The summed E-state index contributed by atoms with van der Waals surface area (Å²) < 4.78 is 64.0. The minimum absolute atomic E-state index is 0.343. The highest BCUT2D eigenvalue weighted by molar-refractivity contribution is 5.96. The zero-order chi connectivity index (χ0) is 15.1. The lowest BCUT2D eigenvalue weighted by molar-refractivity contribution is -0.142. The predicted molar refractivity (Wildman–Crippen MR) is 55.3 cm³/mol. The SMILES string of the molecule is NC(=O)c1n[nH]nc1-c1cc(F)c(C(F)(F)F)c(F)c1. The van der Waals surface area contributed by atoms with E-state index in [4.69, 9.17) is 5.73 Å². The number of halogens is 5. The molecule has 5 nitrogen and oxygen atoms in total. The zero-order valence-corrected chi connectivity index (χ0v) is 9.42. The quantitative estimate of drug-likeness (QED) is 0.829. The number of aromatic amines is 1. The number of amides is 1. The summed E-state index contributed by atoms with van der Waals surface area (Å²) in [5.41, 5.74) is 1.74. The third kappa shape index (κ3) is 2.31. The Morgan fingerprint density at radius 2 is 1.70 bits per heavy atom. The van der Waals surface area contributed by atoms with E-state index in [-0.39, 0.29) is 5.69 Å². The Bertz CT molecular complexity index is 656. The Kier molecular flexibility index (Phi) is 3.16. The number of nitrogens with zero attached hydrogens (tertiary/aromatic N) is 2. The first-order chi connectivity index (χ1) is 9.21. The zero-order valence-electron chi connectivity index (χ0n) is 9.42. The molecule has 0 bridgehead atoms. The fourth-order valence-electron chi connectivity index (χ4n) is 1.58. The van der Waals surface area contributed by atoms with Crippen molar-refractivity contribution in [2.24, 2.45) is 5.73 Å². The van der Waals surface area contributed by atoms with E-state index in [1.165, 1.54) is 0 Å². The first-order valence-electron chi connectivity index (χ1n) is 4.99. The maximum Gasteiger partial charge on any atom is 0.422 e. The Morgan fingerprint density at radius 1 is 1.15 bits per heavy atom. The van der Waals surface area contributed by atoms with E-state index in [1.807, 2.05) is 5.21 Å². The van der Waals surface area contributed by atoms with Crippen LogP contribution in [0.3, 0.4) is 0 Å². The van der Waals surface area contributed by atoms with E-state index in [1.54, 1.807) is 0 Å². The predicted octanol–water partition coefficient (Wildman–Crippen LogP) is 1.87. The van der Waals surface area contributed by atoms with E-state index in [0.29, 0.717) is 12.1 Å². The molecule has 106 valence electrons. The van der Waals surface area contributed by atoms with Crippen molar-refractivity contribution in [1.82, 2.24) is 15.4 Å². The molecule has 0 aliphatic carbocycles. The molecule has 0 atom stereocenters. The minimum Gasteiger partial charge on any atom is -0.364 e. The van der Waals surface area contributed by atoms with Crippen molar-refractivity contribution in [2.75, 3.05) is 0 Å². The van der Waals surface area contributed by atoms with Gasteiger partial charge < -0.3 is 5.73 Å². The molecule has 20 heavy (non-hydrogen) atoms. The Labute approximate surface area is 107 Å². The molecular weight excluding hydrogens is 287 g/mol. The number of primary amides is 1. The van der Waals surface area contributed by atoms with E-state index in [2.05, 4.69) is 10.2 Å². The van der Waals surface area contributed by atoms with Crippen molar-refractivity contribution in [3.63, 3.8) is 0 Å². The average Bonchev–Trinajstić information content (AvgIpc) is 2.74. The molecule has 2 rings (SSSR count). The number of benzene rings is 1. The maximum absolute atomic E-state index is 13.4. The van der Waals surface area contributed by atoms with E-state index >= 15 is 0 Å². The number of carbonyl (C=O) groups excluding carboxylic acids is 1. The first-order valence-corrected chi connectivity index (χ1v) is 4.99. The smallest absolute Gasteiger partial charge is 0.364 e. The van der Waals surface area contributed by atoms with Crippen LogP contribution < -0.4 is 5.73 Å². The summed E-state index contributed by atoms with van der Waals surface area (Å²) in [5.74, 6) is -4.70. The standard InChI is InChI=1S/C10H5F5N4O/c11-4-1-3(2-5(12)6(4)10(13,14)15)7-8(9(16)20)18-19-17-7/h1-2H,(H2,16,20)(H,17,18,19). The molecule has 1 aromatic carbocycles. The molecule has 1 amide bonds. The van der Waals surface area contributed by atoms with Crippen molar-refractivity contribution in [3.8, 4) is 11.3 Å². The molecule has 0 aliphatic rings. The van der Waals surface area contributed by atoms with Crippen LogP contribution in [-0.2, 0) is 6.18 Å². The van der Waals surface area contributed by atoms with Gasteiger partial charge in [-0.05, 0) is 12.1 Å². The number of hydrogen-bond donors (Lipinski definition) is 2. The average molecular weight is 292 g/mol. The maximum atomic E-state index is 13.4. The summed E-state index contributed by atoms with van der Waals surface area (Å²) in [7, 11) is 0. The number of aromatic nitrogens is 3. The van der Waals surface area contributed by atoms with Gasteiger partial charge in [-0.2, -0.15) is 28.6 Å². The summed E-state index contributed by atoms with van der Waals surface area (Å²) in [6, 6.07) is 0.798. The van der Waals surface area contributed by atoms with Crippen LogP contribution in [0.2, 0.25) is 0 Å². The number of alkyl halides is 3. The first kappa shape index (κ1) is 13.9. The normalized spacial score (nSPS) is 11.7. The molecular formula is C10H5F5N4O. The summed E-state index contributed by atoms with van der Waals surface area (Å²) >= 11 is 0. The number of carbonyl (C=O) groups is 1. The summed E-state index contributed by atoms with van der Waals surface area (Å²) in [5, 5.41) is 8.77. The highest BCUT2D eigenvalue weighted by Gasteiger charge is 2.38. The van der Waals surface area contributed by atoms with Gasteiger partial charge in [-0.1, -0.05) is 0 Å². The van der Waals surface area contributed by atoms with Crippen LogP contribution in [0.1, 0.15) is 16.1 Å². The highest BCUT2D eigenvalue weighted by atomic mass is 19.4. The van der Waals surface area contributed by atoms with Gasteiger partial charge in [-0.15, -0.1) is 0 Å². The number of hydrogen-bond acceptors (Lipinski definition) is 3. The van der Waals surface area contributed by atoms with Crippen molar-refractivity contribution >= 4 is 5.91 Å². The van der Waals surface area contributed by atoms with E-state index < -0.39 is 40.5 Å². The summed E-state index contributed by atoms with van der Waals surface area (Å²) in [6.07, 6.45) is -5.18. The molecule has 3 N–H and O–H groups in total. The number of nitrogens with two attached hydrogens (primary N) is 1. The van der Waals surface area contributed by atoms with E-state index in [0.717, 1.165) is 0 Å². The van der Waals surface area contributed by atoms with Crippen molar-refractivity contribution < 1.29 is 26.7 Å². The largest absolute Gasteiger partial charge is 0.422 e. The second kappa shape index (κ2) is 4.54. The van der Waals surface area contributed by atoms with Crippen molar-refractivity contribution in [2.45, 2.75) is 6.18 Å². The fraction of sp³-hybridized carbons (Fsp3) is 0.100. The second-order valence-corrected chi connectivity index (χ2v) is 3.70. The highest BCUT2D eigenvalue weighted by Crippen LogP contribution is 2.35. The molecule has 0 fully saturated rings. The molecule has 2 aromatic rings. The number of H-pyrrole nitrogens is 1. The van der Waals surface area contributed by atoms with Gasteiger partial charge in [0.15, 0.2) is 5.69 Å². The second-order valence-electron chi connectivity index (χ2n) is 3.70. The van der Waals surface area contributed by atoms with Gasteiger partial charge in [0.1, 0.15) is 22.9 Å². The third-order valence-electron chi connectivity index (χ3n) is 2.38. The van der Waals surface area contributed by atoms with Gasteiger partial charge in [-0.3, -0.25) is 4.79 Å². The minimum atomic E-state index is -5.18. The molecule has 0 radical (unpaired) electrons. The molecule has 0 saturated carbocycles. The van der Waals surface area contributed by atoms with Crippen LogP contribution in [0.15, 0.2) is 12.1 Å². The number of nitrogens with one attached hydrogen (secondary N) is 1. The monoisotopic (exact) mass is 292 g/mol. The fourth-order valence-corrected chi connectivity index (χ4v) is 1.58. The summed E-state index contributed by atoms with van der Waals surface area (Å²) in [6.45, 7) is 0. The third-order valence-corrected chi connectivity index (χ3v) is 2.38. The lowest BCUT2D eigenvalue weighted by atomic mass is 10.1.